The Morgan fingerprint density at radius 1 is 0.978 bits per heavy atom. The van der Waals surface area contributed by atoms with Crippen LogP contribution in [0.1, 0.15) is 59.8 Å². The molecule has 10 nitrogen and oxygen atoms in total. The van der Waals surface area contributed by atoms with Gasteiger partial charge in [0.05, 0.1) is 12.5 Å². The van der Waals surface area contributed by atoms with Crippen LogP contribution in [0.2, 0.25) is 0 Å². The molecule has 0 aliphatic rings. The quantitative estimate of drug-likeness (QED) is 0.279. The highest BCUT2D eigenvalue weighted by Crippen LogP contribution is 2.33. The second kappa shape index (κ2) is 14.7. The number of aryl methyl sites for hydroxylation is 2. The number of carboxylic acids is 1. The minimum absolute atomic E-state index is 0.0802. The highest BCUT2D eigenvalue weighted by Gasteiger charge is 2.30. The Labute approximate surface area is 260 Å². The molecule has 12 heteroatoms. The smallest absolute Gasteiger partial charge is 0.305 e. The van der Waals surface area contributed by atoms with Gasteiger partial charge in [-0.2, -0.15) is 0 Å². The number of carbonyl (C=O) groups excluding carboxylic acids is 3. The molecule has 0 bridgehead atoms. The summed E-state index contributed by atoms with van der Waals surface area (Å²) in [5.74, 6) is -6.16. The highest BCUT2D eigenvalue weighted by atomic mass is 19.2. The van der Waals surface area contributed by atoms with Crippen LogP contribution < -0.4 is 16.2 Å². The zero-order chi connectivity index (χ0) is 33.6. The van der Waals surface area contributed by atoms with E-state index in [1.807, 2.05) is 6.07 Å². The fourth-order valence-electron chi connectivity index (χ4n) is 5.02. The number of aliphatic carboxylic acids is 1. The Bertz CT molecular complexity index is 1650. The Morgan fingerprint density at radius 3 is 2.20 bits per heavy atom. The van der Waals surface area contributed by atoms with Gasteiger partial charge in [0.25, 0.3) is 11.5 Å². The van der Waals surface area contributed by atoms with Crippen LogP contribution >= 0.6 is 0 Å². The van der Waals surface area contributed by atoms with E-state index in [-0.39, 0.29) is 35.9 Å². The maximum absolute atomic E-state index is 15.3. The third-order valence-corrected chi connectivity index (χ3v) is 7.29. The summed E-state index contributed by atoms with van der Waals surface area (Å²) in [6.07, 6.45) is 0.663. The predicted octanol–water partition coefficient (Wildman–Crippen LogP) is 3.98. The number of benzene rings is 2. The first-order chi connectivity index (χ1) is 21.1. The molecule has 0 unspecified atom stereocenters. The molecular formula is C33H38F2N4O6. The molecule has 1 heterocycles. The van der Waals surface area contributed by atoms with Crippen molar-refractivity contribution in [3.8, 4) is 11.1 Å². The summed E-state index contributed by atoms with van der Waals surface area (Å²) in [6, 6.07) is 7.68. The van der Waals surface area contributed by atoms with E-state index in [1.54, 1.807) is 39.8 Å². The summed E-state index contributed by atoms with van der Waals surface area (Å²) >= 11 is 0. The van der Waals surface area contributed by atoms with Crippen molar-refractivity contribution in [2.45, 2.75) is 59.2 Å². The lowest BCUT2D eigenvalue weighted by Crippen LogP contribution is -2.49. The number of hydrogen-bond acceptors (Lipinski definition) is 5. The lowest BCUT2D eigenvalue weighted by atomic mass is 9.92. The first kappa shape index (κ1) is 34.6. The number of pyridine rings is 1. The van der Waals surface area contributed by atoms with Gasteiger partial charge in [-0.3, -0.25) is 24.0 Å². The van der Waals surface area contributed by atoms with Gasteiger partial charge >= 0.3 is 5.97 Å². The monoisotopic (exact) mass is 624 g/mol. The average Bonchev–Trinajstić information content (AvgIpc) is 2.94. The van der Waals surface area contributed by atoms with Gasteiger partial charge in [-0.05, 0) is 72.7 Å². The van der Waals surface area contributed by atoms with Gasteiger partial charge in [-0.1, -0.05) is 32.0 Å². The molecule has 3 aromatic rings. The Balaban J connectivity index is 1.97. The number of aromatic nitrogens is 1. The maximum Gasteiger partial charge on any atom is 0.305 e. The van der Waals surface area contributed by atoms with Crippen LogP contribution in [0.25, 0.3) is 11.1 Å². The van der Waals surface area contributed by atoms with Crippen molar-refractivity contribution >= 4 is 23.7 Å². The lowest BCUT2D eigenvalue weighted by Gasteiger charge is -2.25. The van der Waals surface area contributed by atoms with Crippen molar-refractivity contribution in [1.82, 2.24) is 20.1 Å². The fourth-order valence-corrected chi connectivity index (χ4v) is 5.02. The zero-order valence-electron chi connectivity index (χ0n) is 26.1. The van der Waals surface area contributed by atoms with Crippen molar-refractivity contribution in [3.63, 3.8) is 0 Å². The molecular weight excluding hydrogens is 586 g/mol. The van der Waals surface area contributed by atoms with Crippen LogP contribution in [-0.4, -0.2) is 58.4 Å². The van der Waals surface area contributed by atoms with Crippen LogP contribution in [0.4, 0.5) is 8.78 Å². The molecule has 3 rings (SSSR count). The molecule has 0 saturated carbocycles. The average molecular weight is 625 g/mol. The van der Waals surface area contributed by atoms with Crippen LogP contribution in [0, 0.1) is 31.4 Å². The summed E-state index contributed by atoms with van der Waals surface area (Å²) in [6.45, 7) is 6.88. The molecule has 1 aromatic heterocycles. The third kappa shape index (κ3) is 8.62. The Hall–Kier alpha value is -4.87. The van der Waals surface area contributed by atoms with E-state index in [0.717, 1.165) is 21.8 Å². The molecule has 0 fully saturated rings. The van der Waals surface area contributed by atoms with Crippen LogP contribution in [0.15, 0.2) is 53.5 Å². The number of rotatable bonds is 12. The number of nitrogens with one attached hydrogen (secondary N) is 2. The summed E-state index contributed by atoms with van der Waals surface area (Å²) < 4.78 is 31.3. The molecule has 3 amide bonds. The van der Waals surface area contributed by atoms with Gasteiger partial charge in [0.15, 0.2) is 11.6 Å². The Kier molecular flexibility index (Phi) is 11.3. The van der Waals surface area contributed by atoms with Gasteiger partial charge in [-0.25, -0.2) is 8.78 Å². The standard InChI is InChI=1S/C33H38F2N4O6/c1-18(2)13-26(37-31(43)22-11-8-12-39(33(22)45)17-27(40)38(5)6)32(44)36-25(16-28(41)42)23-14-21(15-24(34)30(23)35)29-19(3)9-7-10-20(29)4/h7-12,14-15,18,25-26H,13,16-17H2,1-6H3,(H,36,44)(H,37,43)(H,41,42)/t25-,26-/m0/s1. The third-order valence-electron chi connectivity index (χ3n) is 7.29. The van der Waals surface area contributed by atoms with E-state index in [2.05, 4.69) is 10.6 Å². The van der Waals surface area contributed by atoms with E-state index in [0.29, 0.717) is 11.1 Å². The number of likely N-dealkylation sites (N-methyl/N-ethyl adjacent to an activating group) is 1. The molecule has 2 atom stereocenters. The number of hydrogen-bond donors (Lipinski definition) is 3. The van der Waals surface area contributed by atoms with E-state index in [9.17, 15) is 33.5 Å². The summed E-state index contributed by atoms with van der Waals surface area (Å²) in [5, 5.41) is 14.6. The van der Waals surface area contributed by atoms with Crippen molar-refractivity contribution in [1.29, 1.82) is 0 Å². The second-order valence-electron chi connectivity index (χ2n) is 11.6. The highest BCUT2D eigenvalue weighted by molar-refractivity contribution is 5.97. The fraction of sp³-hybridized carbons (Fsp3) is 0.364. The van der Waals surface area contributed by atoms with Crippen molar-refractivity contribution < 1.29 is 33.1 Å². The predicted molar refractivity (Wildman–Crippen MR) is 165 cm³/mol. The first-order valence-electron chi connectivity index (χ1n) is 14.4. The second-order valence-corrected chi connectivity index (χ2v) is 11.6. The molecule has 0 spiro atoms. The van der Waals surface area contributed by atoms with Gasteiger partial charge in [-0.15, -0.1) is 0 Å². The molecule has 3 N–H and O–H groups in total. The number of carbonyl (C=O) groups is 4. The summed E-state index contributed by atoms with van der Waals surface area (Å²) in [4.78, 5) is 65.0. The minimum atomic E-state index is -1.49. The van der Waals surface area contributed by atoms with Crippen LogP contribution in [0.5, 0.6) is 0 Å². The lowest BCUT2D eigenvalue weighted by molar-refractivity contribution is -0.138. The first-order valence-corrected chi connectivity index (χ1v) is 14.4. The van der Waals surface area contributed by atoms with Crippen LogP contribution in [-0.2, 0) is 20.9 Å². The molecule has 45 heavy (non-hydrogen) atoms. The van der Waals surface area contributed by atoms with Gasteiger partial charge in [0.2, 0.25) is 11.8 Å². The van der Waals surface area contributed by atoms with Crippen molar-refractivity contribution in [3.05, 3.63) is 92.9 Å². The molecule has 0 aliphatic carbocycles. The molecule has 0 radical (unpaired) electrons. The number of carboxylic acid groups (broad SMARTS) is 1. The normalized spacial score (nSPS) is 12.4. The number of amides is 3. The SMILES string of the molecule is Cc1cccc(C)c1-c1cc(F)c(F)c([C@H](CC(=O)O)NC(=O)[C@H](CC(C)C)NC(=O)c2cccn(CC(=O)N(C)C)c2=O)c1. The summed E-state index contributed by atoms with van der Waals surface area (Å²) in [5.41, 5.74) is 1.09. The van der Waals surface area contributed by atoms with Gasteiger partial charge in [0, 0.05) is 25.9 Å². The van der Waals surface area contributed by atoms with E-state index >= 15 is 4.39 Å². The summed E-state index contributed by atoms with van der Waals surface area (Å²) in [7, 11) is 3.05. The molecule has 240 valence electrons. The van der Waals surface area contributed by atoms with E-state index in [4.69, 9.17) is 0 Å². The van der Waals surface area contributed by atoms with Crippen molar-refractivity contribution in [2.24, 2.45) is 5.92 Å². The zero-order valence-corrected chi connectivity index (χ0v) is 26.1. The number of nitrogens with zero attached hydrogens (tertiary/aromatic N) is 2. The minimum Gasteiger partial charge on any atom is -0.481 e. The van der Waals surface area contributed by atoms with Crippen molar-refractivity contribution in [2.75, 3.05) is 14.1 Å². The van der Waals surface area contributed by atoms with Gasteiger partial charge in [0.1, 0.15) is 18.2 Å². The largest absolute Gasteiger partial charge is 0.481 e. The van der Waals surface area contributed by atoms with E-state index in [1.165, 1.54) is 43.4 Å². The number of halogens is 2. The maximum atomic E-state index is 15.3. The topological polar surface area (TPSA) is 138 Å². The molecule has 0 aliphatic heterocycles. The van der Waals surface area contributed by atoms with Crippen LogP contribution in [0.3, 0.4) is 0 Å². The molecule has 2 aromatic carbocycles. The molecule has 0 saturated heterocycles. The van der Waals surface area contributed by atoms with Gasteiger partial charge < -0.3 is 25.2 Å². The Morgan fingerprint density at radius 2 is 1.62 bits per heavy atom. The van der Waals surface area contributed by atoms with E-state index < -0.39 is 53.5 Å².